The standard InChI is InChI=1S/C7H11N3O.C2H6/c1-6(11)8-3-7-4-9-10(2)5-7;1-2/h4-5H,3H2,1-2H3,(H,8,11);1-2H3. The van der Waals surface area contributed by atoms with Crippen LogP contribution in [0.15, 0.2) is 12.4 Å². The molecule has 74 valence electrons. The Kier molecular flexibility index (Phi) is 5.59. The zero-order valence-corrected chi connectivity index (χ0v) is 8.66. The van der Waals surface area contributed by atoms with Crippen molar-refractivity contribution in [3.8, 4) is 0 Å². The minimum absolute atomic E-state index is 0.0196. The third kappa shape index (κ3) is 5.00. The van der Waals surface area contributed by atoms with Gasteiger partial charge < -0.3 is 5.32 Å². The molecule has 0 unspecified atom stereocenters. The van der Waals surface area contributed by atoms with Crippen LogP contribution in [0.4, 0.5) is 0 Å². The van der Waals surface area contributed by atoms with Gasteiger partial charge in [-0.2, -0.15) is 5.10 Å². The van der Waals surface area contributed by atoms with Crippen molar-refractivity contribution in [3.05, 3.63) is 18.0 Å². The maximum Gasteiger partial charge on any atom is 0.217 e. The van der Waals surface area contributed by atoms with Gasteiger partial charge in [0.2, 0.25) is 5.91 Å². The Morgan fingerprint density at radius 3 is 2.62 bits per heavy atom. The van der Waals surface area contributed by atoms with Crippen LogP contribution < -0.4 is 5.32 Å². The lowest BCUT2D eigenvalue weighted by Crippen LogP contribution is -2.18. The third-order valence-corrected chi connectivity index (χ3v) is 1.30. The Balaban J connectivity index is 0.000000671. The van der Waals surface area contributed by atoms with Crippen molar-refractivity contribution in [2.45, 2.75) is 27.3 Å². The van der Waals surface area contributed by atoms with Gasteiger partial charge in [0.1, 0.15) is 0 Å². The highest BCUT2D eigenvalue weighted by atomic mass is 16.1. The van der Waals surface area contributed by atoms with E-state index in [0.29, 0.717) is 6.54 Å². The van der Waals surface area contributed by atoms with E-state index in [1.54, 1.807) is 10.9 Å². The molecule has 1 rings (SSSR count). The Labute approximate surface area is 78.9 Å². The van der Waals surface area contributed by atoms with E-state index in [2.05, 4.69) is 10.4 Å². The van der Waals surface area contributed by atoms with Crippen molar-refractivity contribution in [1.82, 2.24) is 15.1 Å². The van der Waals surface area contributed by atoms with Gasteiger partial charge in [0, 0.05) is 32.3 Å². The summed E-state index contributed by atoms with van der Waals surface area (Å²) in [6, 6.07) is 0. The molecule has 0 radical (unpaired) electrons. The van der Waals surface area contributed by atoms with Gasteiger partial charge in [0.05, 0.1) is 6.20 Å². The Bertz CT molecular complexity index is 255. The second-order valence-corrected chi connectivity index (χ2v) is 2.43. The summed E-state index contributed by atoms with van der Waals surface area (Å²) in [5.74, 6) is -0.0196. The number of hydrogen-bond acceptors (Lipinski definition) is 2. The highest BCUT2D eigenvalue weighted by molar-refractivity contribution is 5.72. The molecule has 1 amide bonds. The molecule has 0 bridgehead atoms. The Morgan fingerprint density at radius 1 is 1.62 bits per heavy atom. The van der Waals surface area contributed by atoms with E-state index in [4.69, 9.17) is 0 Å². The summed E-state index contributed by atoms with van der Waals surface area (Å²) in [4.78, 5) is 10.5. The fourth-order valence-electron chi connectivity index (χ4n) is 0.790. The first-order valence-corrected chi connectivity index (χ1v) is 4.40. The molecule has 0 spiro atoms. The first-order chi connectivity index (χ1) is 6.18. The van der Waals surface area contributed by atoms with Crippen molar-refractivity contribution in [2.75, 3.05) is 0 Å². The largest absolute Gasteiger partial charge is 0.352 e. The lowest BCUT2D eigenvalue weighted by molar-refractivity contribution is -0.119. The van der Waals surface area contributed by atoms with Gasteiger partial charge >= 0.3 is 0 Å². The normalized spacial score (nSPS) is 8.62. The van der Waals surface area contributed by atoms with E-state index in [0.717, 1.165) is 5.56 Å². The molecule has 0 atom stereocenters. The molecule has 0 saturated heterocycles. The minimum atomic E-state index is -0.0196. The van der Waals surface area contributed by atoms with Crippen LogP contribution in [0, 0.1) is 0 Å². The number of aryl methyl sites for hydroxylation is 1. The fraction of sp³-hybridized carbons (Fsp3) is 0.556. The summed E-state index contributed by atoms with van der Waals surface area (Å²) in [5, 5.41) is 6.64. The van der Waals surface area contributed by atoms with Crippen LogP contribution in [0.3, 0.4) is 0 Å². The Hall–Kier alpha value is -1.32. The van der Waals surface area contributed by atoms with Crippen LogP contribution in [0.25, 0.3) is 0 Å². The monoisotopic (exact) mass is 183 g/mol. The van der Waals surface area contributed by atoms with Crippen LogP contribution in [-0.4, -0.2) is 15.7 Å². The number of hydrogen-bond donors (Lipinski definition) is 1. The molecule has 0 aromatic carbocycles. The first kappa shape index (κ1) is 11.7. The average molecular weight is 183 g/mol. The summed E-state index contributed by atoms with van der Waals surface area (Å²) in [6.07, 6.45) is 3.60. The van der Waals surface area contributed by atoms with Crippen LogP contribution in [0.1, 0.15) is 26.3 Å². The van der Waals surface area contributed by atoms with Crippen molar-refractivity contribution in [2.24, 2.45) is 7.05 Å². The third-order valence-electron chi connectivity index (χ3n) is 1.30. The summed E-state index contributed by atoms with van der Waals surface area (Å²) in [5.41, 5.74) is 1.02. The maximum atomic E-state index is 10.5. The lowest BCUT2D eigenvalue weighted by Gasteiger charge is -1.96. The van der Waals surface area contributed by atoms with Crippen molar-refractivity contribution in [1.29, 1.82) is 0 Å². The average Bonchev–Trinajstić information content (AvgIpc) is 2.52. The lowest BCUT2D eigenvalue weighted by atomic mass is 10.3. The van der Waals surface area contributed by atoms with Gasteiger partial charge in [0.25, 0.3) is 0 Å². The highest BCUT2D eigenvalue weighted by Crippen LogP contribution is 1.93. The summed E-state index contributed by atoms with van der Waals surface area (Å²) in [6.45, 7) is 6.06. The zero-order valence-electron chi connectivity index (χ0n) is 8.66. The molecule has 4 nitrogen and oxygen atoms in total. The number of nitrogens with zero attached hydrogens (tertiary/aromatic N) is 2. The van der Waals surface area contributed by atoms with E-state index in [9.17, 15) is 4.79 Å². The summed E-state index contributed by atoms with van der Waals surface area (Å²) in [7, 11) is 1.84. The van der Waals surface area contributed by atoms with Crippen molar-refractivity contribution in [3.63, 3.8) is 0 Å². The molecule has 0 aliphatic carbocycles. The van der Waals surface area contributed by atoms with Crippen molar-refractivity contribution >= 4 is 5.91 Å². The first-order valence-electron chi connectivity index (χ1n) is 4.40. The number of amides is 1. The van der Waals surface area contributed by atoms with Crippen LogP contribution in [-0.2, 0) is 18.4 Å². The van der Waals surface area contributed by atoms with Gasteiger partial charge in [-0.15, -0.1) is 0 Å². The van der Waals surface area contributed by atoms with Gasteiger partial charge in [-0.1, -0.05) is 13.8 Å². The number of nitrogens with one attached hydrogen (secondary N) is 1. The predicted octanol–water partition coefficient (Wildman–Crippen LogP) is 1.08. The summed E-state index contributed by atoms with van der Waals surface area (Å²) >= 11 is 0. The predicted molar refractivity (Wildman–Crippen MR) is 52.1 cm³/mol. The van der Waals surface area contributed by atoms with Gasteiger partial charge in [0.15, 0.2) is 0 Å². The molecule has 1 aromatic heterocycles. The van der Waals surface area contributed by atoms with Gasteiger partial charge in [-0.05, 0) is 0 Å². The fourth-order valence-corrected chi connectivity index (χ4v) is 0.790. The number of carbonyl (C=O) groups excluding carboxylic acids is 1. The second kappa shape index (κ2) is 6.22. The number of rotatable bonds is 2. The number of aromatic nitrogens is 2. The smallest absolute Gasteiger partial charge is 0.217 e. The molecule has 0 aliphatic rings. The van der Waals surface area contributed by atoms with Crippen molar-refractivity contribution < 1.29 is 4.79 Å². The molecule has 0 fully saturated rings. The van der Waals surface area contributed by atoms with E-state index < -0.39 is 0 Å². The van der Waals surface area contributed by atoms with E-state index in [1.807, 2.05) is 27.1 Å². The minimum Gasteiger partial charge on any atom is -0.352 e. The summed E-state index contributed by atoms with van der Waals surface area (Å²) < 4.78 is 1.71. The van der Waals surface area contributed by atoms with E-state index in [-0.39, 0.29) is 5.91 Å². The van der Waals surface area contributed by atoms with Crippen LogP contribution >= 0.6 is 0 Å². The zero-order chi connectivity index (χ0) is 10.3. The van der Waals surface area contributed by atoms with E-state index >= 15 is 0 Å². The molecule has 4 heteroatoms. The molecule has 0 aliphatic heterocycles. The molecule has 13 heavy (non-hydrogen) atoms. The second-order valence-electron chi connectivity index (χ2n) is 2.43. The molecule has 1 N–H and O–H groups in total. The molecular formula is C9H17N3O. The maximum absolute atomic E-state index is 10.5. The Morgan fingerprint density at radius 2 is 2.23 bits per heavy atom. The van der Waals surface area contributed by atoms with Gasteiger partial charge in [-0.3, -0.25) is 9.48 Å². The van der Waals surface area contributed by atoms with Gasteiger partial charge in [-0.25, -0.2) is 0 Å². The SMILES string of the molecule is CC.CC(=O)NCc1cnn(C)c1. The quantitative estimate of drug-likeness (QED) is 0.745. The molecular weight excluding hydrogens is 166 g/mol. The topological polar surface area (TPSA) is 46.9 Å². The van der Waals surface area contributed by atoms with Crippen LogP contribution in [0.2, 0.25) is 0 Å². The molecule has 0 saturated carbocycles. The van der Waals surface area contributed by atoms with E-state index in [1.165, 1.54) is 6.92 Å². The van der Waals surface area contributed by atoms with Crippen LogP contribution in [0.5, 0.6) is 0 Å². The highest BCUT2D eigenvalue weighted by Gasteiger charge is 1.95. The number of carbonyl (C=O) groups is 1. The molecule has 1 heterocycles. The molecule has 1 aromatic rings.